The molecule has 1 aromatic carbocycles. The zero-order chi connectivity index (χ0) is 14.8. The number of amides is 1. The van der Waals surface area contributed by atoms with Gasteiger partial charge in [0.1, 0.15) is 6.33 Å². The van der Waals surface area contributed by atoms with Gasteiger partial charge in [0.2, 0.25) is 9.84 Å². The predicted octanol–water partition coefficient (Wildman–Crippen LogP) is 0.782. The summed E-state index contributed by atoms with van der Waals surface area (Å²) >= 11 is 0. The second kappa shape index (κ2) is 5.41. The van der Waals surface area contributed by atoms with Crippen molar-refractivity contribution in [1.82, 2.24) is 19.7 Å². The molecule has 0 bridgehead atoms. The molecule has 0 spiro atoms. The molecule has 2 aromatic rings. The molecule has 0 aliphatic rings. The molecule has 106 valence electrons. The molecule has 7 nitrogen and oxygen atoms in total. The number of benzene rings is 1. The lowest BCUT2D eigenvalue weighted by atomic mass is 10.2. The highest BCUT2D eigenvalue weighted by atomic mass is 32.2. The van der Waals surface area contributed by atoms with Crippen molar-refractivity contribution in [3.8, 4) is 0 Å². The third-order valence-corrected chi connectivity index (χ3v) is 3.98. The van der Waals surface area contributed by atoms with E-state index in [-0.39, 0.29) is 10.9 Å². The van der Waals surface area contributed by atoms with Crippen molar-refractivity contribution in [1.29, 1.82) is 0 Å². The van der Waals surface area contributed by atoms with Crippen LogP contribution in [0.5, 0.6) is 0 Å². The molecule has 1 aromatic heterocycles. The lowest BCUT2D eigenvalue weighted by molar-refractivity contribution is 0.215. The number of hydrogen-bond acceptors (Lipinski definition) is 5. The molecule has 0 aliphatic carbocycles. The molecule has 0 saturated carbocycles. The molecular weight excluding hydrogens is 280 g/mol. The first kappa shape index (κ1) is 14.2. The lowest BCUT2D eigenvalue weighted by Gasteiger charge is -2.07. The van der Waals surface area contributed by atoms with Gasteiger partial charge in [-0.2, -0.15) is 4.68 Å². The van der Waals surface area contributed by atoms with Crippen LogP contribution in [-0.2, 0) is 15.6 Å². The highest BCUT2D eigenvalue weighted by Gasteiger charge is 2.22. The van der Waals surface area contributed by atoms with Crippen molar-refractivity contribution in [2.45, 2.75) is 10.9 Å². The van der Waals surface area contributed by atoms with Gasteiger partial charge < -0.3 is 4.90 Å². The second-order valence-corrected chi connectivity index (χ2v) is 6.28. The maximum atomic E-state index is 12.1. The highest BCUT2D eigenvalue weighted by Crippen LogP contribution is 2.12. The van der Waals surface area contributed by atoms with E-state index in [0.717, 1.165) is 11.0 Å². The minimum Gasteiger partial charge on any atom is -0.329 e. The molecule has 0 aliphatic heterocycles. The molecule has 0 fully saturated rings. The number of nitrogens with zero attached hydrogens (tertiary/aromatic N) is 4. The number of hydrogen-bond donors (Lipinski definition) is 0. The zero-order valence-electron chi connectivity index (χ0n) is 11.1. The predicted molar refractivity (Wildman–Crippen MR) is 71.8 cm³/mol. The minimum absolute atomic E-state index is 0.200. The second-order valence-electron chi connectivity index (χ2n) is 4.39. The van der Waals surface area contributed by atoms with Gasteiger partial charge in [-0.15, -0.1) is 5.10 Å². The maximum absolute atomic E-state index is 12.1. The van der Waals surface area contributed by atoms with Crippen molar-refractivity contribution < 1.29 is 13.2 Å². The first-order valence-electron chi connectivity index (χ1n) is 5.80. The Kier molecular flexibility index (Phi) is 3.84. The summed E-state index contributed by atoms with van der Waals surface area (Å²) < 4.78 is 25.2. The van der Waals surface area contributed by atoms with Crippen LogP contribution < -0.4 is 0 Å². The van der Waals surface area contributed by atoms with E-state index in [0.29, 0.717) is 5.56 Å². The SMILES string of the molecule is CN(C)C(=O)n1cnc(S(=O)(=O)Cc2ccccc2)n1. The molecule has 1 amide bonds. The molecule has 8 heteroatoms. The Morgan fingerprint density at radius 1 is 1.25 bits per heavy atom. The van der Waals surface area contributed by atoms with Crippen molar-refractivity contribution in [2.24, 2.45) is 0 Å². The highest BCUT2D eigenvalue weighted by molar-refractivity contribution is 7.90. The van der Waals surface area contributed by atoms with Crippen LogP contribution in [0.1, 0.15) is 5.56 Å². The fourth-order valence-electron chi connectivity index (χ4n) is 1.55. The van der Waals surface area contributed by atoms with Gasteiger partial charge in [-0.25, -0.2) is 18.2 Å². The molecule has 1 heterocycles. The largest absolute Gasteiger partial charge is 0.345 e. The fourth-order valence-corrected chi connectivity index (χ4v) is 2.73. The monoisotopic (exact) mass is 294 g/mol. The summed E-state index contributed by atoms with van der Waals surface area (Å²) in [5.41, 5.74) is 0.641. The molecule has 0 atom stereocenters. The Morgan fingerprint density at radius 2 is 1.90 bits per heavy atom. The van der Waals surface area contributed by atoms with Crippen LogP contribution in [0, 0.1) is 0 Å². The van der Waals surface area contributed by atoms with Gasteiger partial charge in [-0.05, 0) is 5.56 Å². The lowest BCUT2D eigenvalue weighted by Crippen LogP contribution is -2.27. The van der Waals surface area contributed by atoms with E-state index < -0.39 is 15.9 Å². The minimum atomic E-state index is -3.67. The van der Waals surface area contributed by atoms with E-state index >= 15 is 0 Å². The molecule has 2 rings (SSSR count). The van der Waals surface area contributed by atoms with E-state index in [1.165, 1.54) is 4.90 Å². The van der Waals surface area contributed by atoms with E-state index in [2.05, 4.69) is 10.1 Å². The Hall–Kier alpha value is -2.22. The number of sulfone groups is 1. The molecule has 0 saturated heterocycles. The Balaban J connectivity index is 2.25. The summed E-state index contributed by atoms with van der Waals surface area (Å²) in [6, 6.07) is 8.27. The molecule has 20 heavy (non-hydrogen) atoms. The quantitative estimate of drug-likeness (QED) is 0.835. The maximum Gasteiger partial charge on any atom is 0.345 e. The first-order chi connectivity index (χ1) is 9.40. The number of rotatable bonds is 3. The normalized spacial score (nSPS) is 11.3. The van der Waals surface area contributed by atoms with Crippen LogP contribution in [0.15, 0.2) is 41.8 Å². The van der Waals surface area contributed by atoms with Crippen LogP contribution >= 0.6 is 0 Å². The summed E-state index contributed by atoms with van der Waals surface area (Å²) in [6.45, 7) is 0. The van der Waals surface area contributed by atoms with Crippen molar-refractivity contribution >= 4 is 15.9 Å². The average Bonchev–Trinajstić information content (AvgIpc) is 2.88. The van der Waals surface area contributed by atoms with Gasteiger partial charge in [0.25, 0.3) is 5.16 Å². The van der Waals surface area contributed by atoms with E-state index in [4.69, 9.17) is 0 Å². The summed E-state index contributed by atoms with van der Waals surface area (Å²) in [6.07, 6.45) is 1.10. The van der Waals surface area contributed by atoms with Crippen LogP contribution in [0.4, 0.5) is 4.79 Å². The van der Waals surface area contributed by atoms with Gasteiger partial charge in [-0.3, -0.25) is 0 Å². The van der Waals surface area contributed by atoms with E-state index in [1.807, 2.05) is 0 Å². The average molecular weight is 294 g/mol. The molecule has 0 unspecified atom stereocenters. The van der Waals surface area contributed by atoms with Crippen molar-refractivity contribution in [2.75, 3.05) is 14.1 Å². The van der Waals surface area contributed by atoms with Gasteiger partial charge in [-0.1, -0.05) is 30.3 Å². The Morgan fingerprint density at radius 3 is 2.50 bits per heavy atom. The van der Waals surface area contributed by atoms with Crippen LogP contribution in [0.25, 0.3) is 0 Å². The summed E-state index contributed by atoms with van der Waals surface area (Å²) in [7, 11) is -0.578. The summed E-state index contributed by atoms with van der Waals surface area (Å²) in [4.78, 5) is 16.6. The Labute approximate surface area is 116 Å². The fraction of sp³-hybridized carbons (Fsp3) is 0.250. The topological polar surface area (TPSA) is 85.2 Å². The smallest absolute Gasteiger partial charge is 0.329 e. The first-order valence-corrected chi connectivity index (χ1v) is 7.45. The van der Waals surface area contributed by atoms with E-state index in [9.17, 15) is 13.2 Å². The van der Waals surface area contributed by atoms with Crippen LogP contribution in [0.3, 0.4) is 0 Å². The van der Waals surface area contributed by atoms with Gasteiger partial charge >= 0.3 is 6.03 Å². The number of aromatic nitrogens is 3. The molecule has 0 N–H and O–H groups in total. The number of carbonyl (C=O) groups is 1. The zero-order valence-corrected chi connectivity index (χ0v) is 11.9. The van der Waals surface area contributed by atoms with E-state index in [1.54, 1.807) is 44.4 Å². The third-order valence-electron chi connectivity index (χ3n) is 2.53. The third kappa shape index (κ3) is 3.02. The van der Waals surface area contributed by atoms with Crippen LogP contribution in [-0.4, -0.2) is 48.2 Å². The molecule has 0 radical (unpaired) electrons. The Bertz CT molecular complexity index is 707. The van der Waals surface area contributed by atoms with Gasteiger partial charge in [0, 0.05) is 14.1 Å². The van der Waals surface area contributed by atoms with Crippen LogP contribution in [0.2, 0.25) is 0 Å². The van der Waals surface area contributed by atoms with Crippen molar-refractivity contribution in [3.63, 3.8) is 0 Å². The summed E-state index contributed by atoms with van der Waals surface area (Å²) in [5.74, 6) is -0.200. The summed E-state index contributed by atoms with van der Waals surface area (Å²) in [5, 5.41) is 3.38. The number of carbonyl (C=O) groups excluding carboxylic acids is 1. The van der Waals surface area contributed by atoms with Crippen molar-refractivity contribution in [3.05, 3.63) is 42.2 Å². The standard InChI is InChI=1S/C12H14N4O3S/c1-15(2)12(17)16-9-13-11(14-16)20(18,19)8-10-6-4-3-5-7-10/h3-7,9H,8H2,1-2H3. The van der Waals surface area contributed by atoms with Gasteiger partial charge in [0.05, 0.1) is 5.75 Å². The van der Waals surface area contributed by atoms with Gasteiger partial charge in [0.15, 0.2) is 0 Å². The molecular formula is C12H14N4O3S.